The first-order valence-electron chi connectivity index (χ1n) is 7.46. The molecule has 0 fully saturated rings. The van der Waals surface area contributed by atoms with Crippen LogP contribution in [0, 0.1) is 0 Å². The number of aromatic nitrogens is 1. The highest BCUT2D eigenvalue weighted by atomic mass is 16.5. The highest BCUT2D eigenvalue weighted by Gasteiger charge is 2.17. The van der Waals surface area contributed by atoms with E-state index < -0.39 is 0 Å². The average molecular weight is 301 g/mol. The Bertz CT molecular complexity index is 1030. The first-order chi connectivity index (χ1) is 11.3. The molecular formula is C20H15NO2. The van der Waals surface area contributed by atoms with Crippen molar-refractivity contribution >= 4 is 27.5 Å². The number of benzene rings is 3. The number of fused-ring (bicyclic) bond motifs is 2. The van der Waals surface area contributed by atoms with Gasteiger partial charge >= 0.3 is 0 Å². The number of aromatic amines is 1. The lowest BCUT2D eigenvalue weighted by Gasteiger charge is -2.09. The SMILES string of the molecule is COc1ccc(C(=O)c2c[nH]c3ccccc23)c2ccccc12. The molecule has 23 heavy (non-hydrogen) atoms. The van der Waals surface area contributed by atoms with E-state index in [1.807, 2.05) is 60.7 Å². The summed E-state index contributed by atoms with van der Waals surface area (Å²) in [6.07, 6.45) is 1.78. The second-order valence-corrected chi connectivity index (χ2v) is 5.44. The molecule has 0 aliphatic heterocycles. The van der Waals surface area contributed by atoms with Gasteiger partial charge in [0.25, 0.3) is 0 Å². The van der Waals surface area contributed by atoms with Crippen molar-refractivity contribution in [2.45, 2.75) is 0 Å². The number of carbonyl (C=O) groups is 1. The Labute approximate surface area is 133 Å². The molecule has 4 aromatic rings. The molecular weight excluding hydrogens is 286 g/mol. The second-order valence-electron chi connectivity index (χ2n) is 5.44. The van der Waals surface area contributed by atoms with Crippen molar-refractivity contribution in [2.75, 3.05) is 7.11 Å². The quantitative estimate of drug-likeness (QED) is 0.564. The van der Waals surface area contributed by atoms with E-state index in [2.05, 4.69) is 4.98 Å². The lowest BCUT2D eigenvalue weighted by Crippen LogP contribution is -2.02. The van der Waals surface area contributed by atoms with Gasteiger partial charge in [-0.3, -0.25) is 4.79 Å². The number of rotatable bonds is 3. The molecule has 0 aliphatic rings. The number of hydrogen-bond donors (Lipinski definition) is 1. The van der Waals surface area contributed by atoms with Gasteiger partial charge in [-0.1, -0.05) is 42.5 Å². The van der Waals surface area contributed by atoms with Crippen LogP contribution in [0.25, 0.3) is 21.7 Å². The smallest absolute Gasteiger partial charge is 0.195 e. The van der Waals surface area contributed by atoms with E-state index in [-0.39, 0.29) is 5.78 Å². The fraction of sp³-hybridized carbons (Fsp3) is 0.0500. The van der Waals surface area contributed by atoms with Gasteiger partial charge in [-0.25, -0.2) is 0 Å². The van der Waals surface area contributed by atoms with Crippen LogP contribution in [0.2, 0.25) is 0 Å². The highest BCUT2D eigenvalue weighted by molar-refractivity contribution is 6.21. The third kappa shape index (κ3) is 2.09. The summed E-state index contributed by atoms with van der Waals surface area (Å²) >= 11 is 0. The Kier molecular flexibility index (Phi) is 3.12. The lowest BCUT2D eigenvalue weighted by atomic mass is 9.96. The van der Waals surface area contributed by atoms with Gasteiger partial charge in [0.05, 0.1) is 7.11 Å². The van der Waals surface area contributed by atoms with Crippen LogP contribution in [0.5, 0.6) is 5.75 Å². The number of ketones is 1. The summed E-state index contributed by atoms with van der Waals surface area (Å²) in [5, 5.41) is 2.79. The molecule has 0 saturated carbocycles. The lowest BCUT2D eigenvalue weighted by molar-refractivity contribution is 0.104. The number of methoxy groups -OCH3 is 1. The zero-order valence-electron chi connectivity index (χ0n) is 12.7. The average Bonchev–Trinajstić information content (AvgIpc) is 3.04. The van der Waals surface area contributed by atoms with Gasteiger partial charge in [0, 0.05) is 33.6 Å². The van der Waals surface area contributed by atoms with Crippen molar-refractivity contribution in [3.63, 3.8) is 0 Å². The van der Waals surface area contributed by atoms with Gasteiger partial charge in [-0.05, 0) is 23.6 Å². The minimum absolute atomic E-state index is 0.0151. The second kappa shape index (κ2) is 5.29. The van der Waals surface area contributed by atoms with E-state index in [1.54, 1.807) is 13.3 Å². The summed E-state index contributed by atoms with van der Waals surface area (Å²) < 4.78 is 5.41. The molecule has 4 rings (SSSR count). The van der Waals surface area contributed by atoms with Crippen LogP contribution in [0.3, 0.4) is 0 Å². The van der Waals surface area contributed by atoms with Crippen LogP contribution in [-0.2, 0) is 0 Å². The molecule has 0 amide bonds. The third-order valence-corrected chi connectivity index (χ3v) is 4.18. The maximum Gasteiger partial charge on any atom is 0.195 e. The van der Waals surface area contributed by atoms with E-state index in [0.29, 0.717) is 11.1 Å². The Morgan fingerprint density at radius 3 is 2.30 bits per heavy atom. The van der Waals surface area contributed by atoms with Crippen LogP contribution < -0.4 is 4.74 Å². The summed E-state index contributed by atoms with van der Waals surface area (Å²) in [5.74, 6) is 0.789. The topological polar surface area (TPSA) is 42.1 Å². The maximum atomic E-state index is 13.1. The molecule has 0 unspecified atom stereocenters. The van der Waals surface area contributed by atoms with Crippen molar-refractivity contribution in [3.8, 4) is 5.75 Å². The molecule has 112 valence electrons. The largest absolute Gasteiger partial charge is 0.496 e. The Hall–Kier alpha value is -3.07. The molecule has 3 heteroatoms. The van der Waals surface area contributed by atoms with Crippen LogP contribution in [0.15, 0.2) is 66.9 Å². The van der Waals surface area contributed by atoms with E-state index in [1.165, 1.54) is 0 Å². The molecule has 0 bridgehead atoms. The number of ether oxygens (including phenoxy) is 1. The first kappa shape index (κ1) is 13.6. The third-order valence-electron chi connectivity index (χ3n) is 4.18. The van der Waals surface area contributed by atoms with Crippen molar-refractivity contribution < 1.29 is 9.53 Å². The summed E-state index contributed by atoms with van der Waals surface area (Å²) in [5.41, 5.74) is 2.34. The molecule has 0 atom stereocenters. The summed E-state index contributed by atoms with van der Waals surface area (Å²) in [6.45, 7) is 0. The van der Waals surface area contributed by atoms with E-state index in [9.17, 15) is 4.79 Å². The van der Waals surface area contributed by atoms with Crippen LogP contribution >= 0.6 is 0 Å². The molecule has 0 radical (unpaired) electrons. The number of H-pyrrole nitrogens is 1. The molecule has 0 aliphatic carbocycles. The summed E-state index contributed by atoms with van der Waals surface area (Å²) in [4.78, 5) is 16.2. The van der Waals surface area contributed by atoms with Crippen LogP contribution in [0.1, 0.15) is 15.9 Å². The highest BCUT2D eigenvalue weighted by Crippen LogP contribution is 2.31. The molecule has 1 heterocycles. The molecule has 0 spiro atoms. The maximum absolute atomic E-state index is 13.1. The van der Waals surface area contributed by atoms with E-state index in [4.69, 9.17) is 4.74 Å². The van der Waals surface area contributed by atoms with E-state index in [0.717, 1.165) is 27.4 Å². The molecule has 0 saturated heterocycles. The van der Waals surface area contributed by atoms with Crippen molar-refractivity contribution in [1.29, 1.82) is 0 Å². The standard InChI is InChI=1S/C20H15NO2/c1-23-19-11-10-16(13-6-2-3-8-15(13)19)20(22)17-12-21-18-9-5-4-7-14(17)18/h2-12,21H,1H3. The van der Waals surface area contributed by atoms with Crippen LogP contribution in [-0.4, -0.2) is 17.9 Å². The molecule has 3 aromatic carbocycles. The zero-order chi connectivity index (χ0) is 15.8. The zero-order valence-corrected chi connectivity index (χ0v) is 12.7. The van der Waals surface area contributed by atoms with Crippen LogP contribution in [0.4, 0.5) is 0 Å². The van der Waals surface area contributed by atoms with Gasteiger partial charge in [-0.2, -0.15) is 0 Å². The van der Waals surface area contributed by atoms with Gasteiger partial charge < -0.3 is 9.72 Å². The predicted molar refractivity (Wildman–Crippen MR) is 92.2 cm³/mol. The van der Waals surface area contributed by atoms with Gasteiger partial charge in [-0.15, -0.1) is 0 Å². The van der Waals surface area contributed by atoms with Crippen molar-refractivity contribution in [2.24, 2.45) is 0 Å². The Morgan fingerprint density at radius 1 is 0.826 bits per heavy atom. The Morgan fingerprint density at radius 2 is 1.52 bits per heavy atom. The monoisotopic (exact) mass is 301 g/mol. The fourth-order valence-electron chi connectivity index (χ4n) is 3.05. The number of hydrogen-bond acceptors (Lipinski definition) is 2. The summed E-state index contributed by atoms with van der Waals surface area (Å²) in [7, 11) is 1.64. The molecule has 1 aromatic heterocycles. The van der Waals surface area contributed by atoms with Crippen molar-refractivity contribution in [1.82, 2.24) is 4.98 Å². The summed E-state index contributed by atoms with van der Waals surface area (Å²) in [6, 6.07) is 19.3. The number of para-hydroxylation sites is 1. The molecule has 1 N–H and O–H groups in total. The van der Waals surface area contributed by atoms with E-state index >= 15 is 0 Å². The normalized spacial score (nSPS) is 11.0. The minimum Gasteiger partial charge on any atom is -0.496 e. The molecule has 3 nitrogen and oxygen atoms in total. The Balaban J connectivity index is 1.94. The van der Waals surface area contributed by atoms with Gasteiger partial charge in [0.2, 0.25) is 0 Å². The number of nitrogens with one attached hydrogen (secondary N) is 1. The first-order valence-corrected chi connectivity index (χ1v) is 7.46. The minimum atomic E-state index is 0.0151. The van der Waals surface area contributed by atoms with Crippen molar-refractivity contribution in [3.05, 3.63) is 78.0 Å². The predicted octanol–water partition coefficient (Wildman–Crippen LogP) is 4.56. The fourth-order valence-corrected chi connectivity index (χ4v) is 3.05. The van der Waals surface area contributed by atoms with Gasteiger partial charge in [0.1, 0.15) is 5.75 Å². The number of carbonyl (C=O) groups excluding carboxylic acids is 1. The van der Waals surface area contributed by atoms with Gasteiger partial charge in [0.15, 0.2) is 5.78 Å².